The summed E-state index contributed by atoms with van der Waals surface area (Å²) < 4.78 is 12.6. The zero-order valence-corrected chi connectivity index (χ0v) is 27.4. The lowest BCUT2D eigenvalue weighted by atomic mass is 10.0. The summed E-state index contributed by atoms with van der Waals surface area (Å²) in [5.74, 6) is 1.08. The molecule has 0 aliphatic carbocycles. The Kier molecular flexibility index (Phi) is 10.6. The van der Waals surface area contributed by atoms with Gasteiger partial charge in [0, 0.05) is 79.3 Å². The highest BCUT2D eigenvalue weighted by atomic mass is 35.5. The number of anilines is 2. The zero-order valence-electron chi connectivity index (χ0n) is 26.6. The van der Waals surface area contributed by atoms with Crippen molar-refractivity contribution in [3.8, 4) is 22.6 Å². The summed E-state index contributed by atoms with van der Waals surface area (Å²) in [5.41, 5.74) is 2.76. The van der Waals surface area contributed by atoms with Crippen molar-refractivity contribution in [1.29, 1.82) is 0 Å². The lowest BCUT2D eigenvalue weighted by Gasteiger charge is -2.39. The number of carbonyl (C=O) groups excluding carboxylic acids is 1. The molecule has 0 spiro atoms. The van der Waals surface area contributed by atoms with Crippen LogP contribution in [-0.2, 0) is 17.8 Å². The number of halogens is 1. The number of methoxy groups -OCH3 is 2. The van der Waals surface area contributed by atoms with Gasteiger partial charge in [0.05, 0.1) is 19.2 Å². The van der Waals surface area contributed by atoms with Crippen molar-refractivity contribution in [1.82, 2.24) is 24.8 Å². The van der Waals surface area contributed by atoms with Gasteiger partial charge in [-0.1, -0.05) is 30.3 Å². The van der Waals surface area contributed by atoms with E-state index in [1.807, 2.05) is 24.3 Å². The lowest BCUT2D eigenvalue weighted by Crippen LogP contribution is -2.56. The van der Waals surface area contributed by atoms with E-state index in [4.69, 9.17) is 26.1 Å². The van der Waals surface area contributed by atoms with Gasteiger partial charge in [0.1, 0.15) is 17.1 Å². The molecule has 0 saturated carbocycles. The van der Waals surface area contributed by atoms with E-state index in [2.05, 4.69) is 46.3 Å². The molecule has 2 atom stereocenters. The quantitative estimate of drug-likeness (QED) is 0.190. The van der Waals surface area contributed by atoms with Crippen molar-refractivity contribution in [3.05, 3.63) is 82.3 Å². The molecule has 1 aliphatic rings. The number of nitrogens with one attached hydrogen (secondary N) is 3. The molecule has 2 unspecified atom stereocenters. The lowest BCUT2D eigenvalue weighted by molar-refractivity contribution is -0.111. The van der Waals surface area contributed by atoms with Crippen molar-refractivity contribution >= 4 is 40.2 Å². The molecule has 3 N–H and O–H groups in total. The van der Waals surface area contributed by atoms with Gasteiger partial charge in [-0.05, 0) is 56.2 Å². The van der Waals surface area contributed by atoms with E-state index in [9.17, 15) is 9.59 Å². The summed E-state index contributed by atoms with van der Waals surface area (Å²) in [6.07, 6.45) is 3.48. The van der Waals surface area contributed by atoms with Crippen molar-refractivity contribution in [2.45, 2.75) is 38.9 Å². The summed E-state index contributed by atoms with van der Waals surface area (Å²) >= 11 is 6.74. The van der Waals surface area contributed by atoms with E-state index in [1.54, 1.807) is 36.1 Å². The van der Waals surface area contributed by atoms with Gasteiger partial charge in [-0.25, -0.2) is 4.98 Å². The Labute approximate surface area is 273 Å². The first-order chi connectivity index (χ1) is 22.2. The number of carbonyl (C=O) groups is 1. The van der Waals surface area contributed by atoms with Crippen molar-refractivity contribution < 1.29 is 14.3 Å². The Morgan fingerprint density at radius 1 is 1.09 bits per heavy atom. The second kappa shape index (κ2) is 14.8. The molecule has 0 radical (unpaired) electrons. The zero-order chi connectivity index (χ0) is 32.8. The molecule has 1 fully saturated rings. The minimum absolute atomic E-state index is 0.257. The van der Waals surface area contributed by atoms with Gasteiger partial charge in [0.15, 0.2) is 0 Å². The van der Waals surface area contributed by atoms with E-state index >= 15 is 0 Å². The van der Waals surface area contributed by atoms with Crippen molar-refractivity contribution in [3.63, 3.8) is 0 Å². The normalized spacial score (nSPS) is 16.6. The van der Waals surface area contributed by atoms with Crippen LogP contribution in [0.4, 0.5) is 11.6 Å². The first kappa shape index (κ1) is 32.9. The monoisotopic (exact) mass is 645 g/mol. The fourth-order valence-corrected chi connectivity index (χ4v) is 6.06. The summed E-state index contributed by atoms with van der Waals surface area (Å²) in [4.78, 5) is 37.8. The maximum absolute atomic E-state index is 14.2. The fraction of sp³-hybridized carbons (Fsp3) is 0.353. The van der Waals surface area contributed by atoms with E-state index in [0.717, 1.165) is 25.2 Å². The standard InChI is InChI=1S/C34H40ClN7O4/c1-6-30(43)39-25-9-7-23(8-10-25)11-13-42-32-24(15-28(33(42)44)27-16-26(45-4)17-29(46-5)31(27)35)20-38-34(40-32)37-12-14-41-21(2)18-36-19-22(41)3/h6-10,15-17,20-22,36H,1,11-14,18-19H2,2-5H3,(H,39,43)(H,37,38,40). The summed E-state index contributed by atoms with van der Waals surface area (Å²) in [6.45, 7) is 11.7. The predicted octanol–water partition coefficient (Wildman–Crippen LogP) is 4.59. The summed E-state index contributed by atoms with van der Waals surface area (Å²) in [7, 11) is 3.06. The first-order valence-corrected chi connectivity index (χ1v) is 15.6. The van der Waals surface area contributed by atoms with Crippen LogP contribution in [0.2, 0.25) is 5.02 Å². The molecule has 5 rings (SSSR count). The largest absolute Gasteiger partial charge is 0.497 e. The molecule has 2 aromatic heterocycles. The van der Waals surface area contributed by atoms with Crippen molar-refractivity contribution in [2.75, 3.05) is 51.0 Å². The predicted molar refractivity (Wildman–Crippen MR) is 183 cm³/mol. The number of fused-ring (bicyclic) bond motifs is 1. The van der Waals surface area contributed by atoms with Gasteiger partial charge >= 0.3 is 0 Å². The molecule has 4 aromatic rings. The number of nitrogens with zero attached hydrogens (tertiary/aromatic N) is 4. The van der Waals surface area contributed by atoms with Crippen LogP contribution in [0.15, 0.2) is 66.1 Å². The van der Waals surface area contributed by atoms with E-state index in [1.165, 1.54) is 13.2 Å². The van der Waals surface area contributed by atoms with Crippen LogP contribution in [-0.4, -0.2) is 77.8 Å². The van der Waals surface area contributed by atoms with Crippen LogP contribution in [0.3, 0.4) is 0 Å². The smallest absolute Gasteiger partial charge is 0.260 e. The van der Waals surface area contributed by atoms with Crippen LogP contribution in [0, 0.1) is 0 Å². The van der Waals surface area contributed by atoms with E-state index in [-0.39, 0.29) is 11.5 Å². The molecule has 1 amide bonds. The third kappa shape index (κ3) is 7.33. The fourth-order valence-electron chi connectivity index (χ4n) is 5.78. The Morgan fingerprint density at radius 3 is 2.50 bits per heavy atom. The van der Waals surface area contributed by atoms with Gasteiger partial charge in [0.25, 0.3) is 5.56 Å². The molecular formula is C34H40ClN7O4. The number of hydrogen-bond acceptors (Lipinski definition) is 9. The third-order valence-electron chi connectivity index (χ3n) is 8.28. The first-order valence-electron chi connectivity index (χ1n) is 15.3. The Hall–Kier alpha value is -4.45. The van der Waals surface area contributed by atoms with Crippen LogP contribution >= 0.6 is 11.6 Å². The Bertz CT molecular complexity index is 1770. The molecule has 1 aliphatic heterocycles. The van der Waals surface area contributed by atoms with E-state index < -0.39 is 0 Å². The van der Waals surface area contributed by atoms with Gasteiger partial charge in [-0.3, -0.25) is 19.1 Å². The molecule has 242 valence electrons. The van der Waals surface area contributed by atoms with Crippen LogP contribution in [0.1, 0.15) is 19.4 Å². The number of hydrogen-bond donors (Lipinski definition) is 3. The molecular weight excluding hydrogens is 606 g/mol. The van der Waals surface area contributed by atoms with Crippen LogP contribution in [0.25, 0.3) is 22.2 Å². The Morgan fingerprint density at radius 2 is 1.83 bits per heavy atom. The Balaban J connectivity index is 1.49. The second-order valence-corrected chi connectivity index (χ2v) is 11.7. The average molecular weight is 646 g/mol. The number of ether oxygens (including phenoxy) is 2. The van der Waals surface area contributed by atoms with Gasteiger partial charge in [-0.2, -0.15) is 4.98 Å². The number of piperazine rings is 1. The minimum atomic E-state index is -0.281. The number of rotatable bonds is 12. The SMILES string of the molecule is C=CC(=O)Nc1ccc(CCn2c(=O)c(-c3cc(OC)cc(OC)c3Cl)cc3cnc(NCCN4C(C)CNCC4C)nc32)cc1. The molecule has 1 saturated heterocycles. The maximum Gasteiger partial charge on any atom is 0.260 e. The maximum atomic E-state index is 14.2. The van der Waals surface area contributed by atoms with E-state index in [0.29, 0.717) is 81.9 Å². The topological polar surface area (TPSA) is 123 Å². The summed E-state index contributed by atoms with van der Waals surface area (Å²) in [5, 5.41) is 10.6. The highest BCUT2D eigenvalue weighted by Gasteiger charge is 2.24. The van der Waals surface area contributed by atoms with Gasteiger partial charge in [0.2, 0.25) is 11.9 Å². The van der Waals surface area contributed by atoms with Crippen molar-refractivity contribution in [2.24, 2.45) is 0 Å². The molecule has 12 heteroatoms. The van der Waals surface area contributed by atoms with Crippen LogP contribution in [0.5, 0.6) is 11.5 Å². The number of aryl methyl sites for hydroxylation is 2. The molecule has 0 bridgehead atoms. The molecule has 2 aromatic carbocycles. The highest BCUT2D eigenvalue weighted by molar-refractivity contribution is 6.35. The minimum Gasteiger partial charge on any atom is -0.497 e. The average Bonchev–Trinajstić information content (AvgIpc) is 3.06. The number of pyridine rings is 1. The highest BCUT2D eigenvalue weighted by Crippen LogP contribution is 2.38. The van der Waals surface area contributed by atoms with Gasteiger partial charge in [-0.15, -0.1) is 0 Å². The molecule has 46 heavy (non-hydrogen) atoms. The number of aromatic nitrogens is 3. The van der Waals surface area contributed by atoms with Crippen LogP contribution < -0.4 is 31.0 Å². The third-order valence-corrected chi connectivity index (χ3v) is 8.67. The number of amides is 1. The number of benzene rings is 2. The summed E-state index contributed by atoms with van der Waals surface area (Å²) in [6, 6.07) is 13.5. The molecule has 3 heterocycles. The second-order valence-electron chi connectivity index (χ2n) is 11.3. The van der Waals surface area contributed by atoms with Gasteiger partial charge < -0.3 is 25.4 Å². The molecule has 11 nitrogen and oxygen atoms in total.